The van der Waals surface area contributed by atoms with Gasteiger partial charge in [-0.2, -0.15) is 0 Å². The van der Waals surface area contributed by atoms with Crippen LogP contribution in [0.3, 0.4) is 0 Å². The summed E-state index contributed by atoms with van der Waals surface area (Å²) < 4.78 is 0. The second-order valence-electron chi connectivity index (χ2n) is 5.40. The Bertz CT molecular complexity index is 578. The summed E-state index contributed by atoms with van der Waals surface area (Å²) in [5.41, 5.74) is 3.64. The summed E-state index contributed by atoms with van der Waals surface area (Å²) in [6, 6.07) is 5.85. The Morgan fingerprint density at radius 3 is 2.44 bits per heavy atom. The van der Waals surface area contributed by atoms with E-state index in [0.29, 0.717) is 5.56 Å². The topological polar surface area (TPSA) is 30.0 Å². The lowest BCUT2D eigenvalue weighted by Crippen LogP contribution is -2.11. The first-order valence-electron chi connectivity index (χ1n) is 5.86. The molecule has 93 valence electrons. The van der Waals surface area contributed by atoms with E-state index in [1.54, 1.807) is 11.3 Å². The number of thiazole rings is 1. The average molecular weight is 258 g/mol. The van der Waals surface area contributed by atoms with Crippen LogP contribution in [-0.4, -0.2) is 11.3 Å². The Balaban J connectivity index is 2.57. The molecule has 0 spiro atoms. The predicted molar refractivity (Wildman–Crippen MR) is 75.8 cm³/mol. The summed E-state index contributed by atoms with van der Waals surface area (Å²) in [7, 11) is 0. The van der Waals surface area contributed by atoms with Crippen LogP contribution in [0.15, 0.2) is 23.6 Å². The molecule has 2 nitrogen and oxygen atoms in total. The quantitative estimate of drug-likeness (QED) is 0.818. The SMILES string of the molecule is Cc1nc(-c2cc([C]=O)cc(C(C)(C)C)c2)cs1. The van der Waals surface area contributed by atoms with Crippen LogP contribution in [0.1, 0.15) is 36.9 Å². The molecule has 0 fully saturated rings. The summed E-state index contributed by atoms with van der Waals surface area (Å²) >= 11 is 1.62. The number of rotatable bonds is 2. The van der Waals surface area contributed by atoms with Gasteiger partial charge in [0.25, 0.3) is 0 Å². The van der Waals surface area contributed by atoms with Crippen molar-refractivity contribution in [1.82, 2.24) is 4.98 Å². The van der Waals surface area contributed by atoms with E-state index in [1.165, 1.54) is 0 Å². The molecule has 0 atom stereocenters. The van der Waals surface area contributed by atoms with Crippen LogP contribution in [0.4, 0.5) is 0 Å². The Hall–Kier alpha value is -1.48. The first-order chi connectivity index (χ1) is 8.40. The molecular formula is C15H16NOS. The van der Waals surface area contributed by atoms with E-state index in [1.807, 2.05) is 30.7 Å². The molecule has 0 aliphatic carbocycles. The Morgan fingerprint density at radius 2 is 1.94 bits per heavy atom. The fraction of sp³-hybridized carbons (Fsp3) is 0.333. The Morgan fingerprint density at radius 1 is 1.22 bits per heavy atom. The van der Waals surface area contributed by atoms with E-state index in [-0.39, 0.29) is 5.41 Å². The van der Waals surface area contributed by atoms with Crippen molar-refractivity contribution in [2.24, 2.45) is 0 Å². The van der Waals surface area contributed by atoms with E-state index in [9.17, 15) is 4.79 Å². The number of nitrogens with zero attached hydrogens (tertiary/aromatic N) is 1. The summed E-state index contributed by atoms with van der Waals surface area (Å²) in [6.07, 6.45) is 1.98. The molecule has 0 aliphatic heterocycles. The van der Waals surface area contributed by atoms with Gasteiger partial charge < -0.3 is 0 Å². The van der Waals surface area contributed by atoms with E-state index in [2.05, 4.69) is 31.8 Å². The second-order valence-corrected chi connectivity index (χ2v) is 6.47. The number of aryl methyl sites for hydroxylation is 1. The second kappa shape index (κ2) is 4.65. The van der Waals surface area contributed by atoms with Gasteiger partial charge in [0.05, 0.1) is 10.7 Å². The molecule has 0 unspecified atom stereocenters. The molecule has 2 rings (SSSR count). The molecule has 0 aliphatic rings. The molecule has 3 heteroatoms. The van der Waals surface area contributed by atoms with Crippen LogP contribution in [0.5, 0.6) is 0 Å². The summed E-state index contributed by atoms with van der Waals surface area (Å²) in [6.45, 7) is 8.38. The Labute approximate surface area is 112 Å². The van der Waals surface area contributed by atoms with Crippen molar-refractivity contribution in [3.05, 3.63) is 39.7 Å². The van der Waals surface area contributed by atoms with Crippen LogP contribution in [-0.2, 0) is 10.2 Å². The highest BCUT2D eigenvalue weighted by Crippen LogP contribution is 2.29. The number of hydrogen-bond donors (Lipinski definition) is 0. The first-order valence-corrected chi connectivity index (χ1v) is 6.74. The molecule has 1 aromatic carbocycles. The molecule has 1 radical (unpaired) electrons. The third kappa shape index (κ3) is 2.67. The van der Waals surface area contributed by atoms with Gasteiger partial charge in [-0.25, -0.2) is 4.98 Å². The van der Waals surface area contributed by atoms with Crippen LogP contribution >= 0.6 is 11.3 Å². The van der Waals surface area contributed by atoms with Gasteiger partial charge in [-0.3, -0.25) is 4.79 Å². The van der Waals surface area contributed by atoms with Crippen molar-refractivity contribution in [3.8, 4) is 11.3 Å². The molecule has 0 saturated carbocycles. The van der Waals surface area contributed by atoms with E-state index in [0.717, 1.165) is 21.8 Å². The molecule has 0 N–H and O–H groups in total. The van der Waals surface area contributed by atoms with Crippen LogP contribution in [0.2, 0.25) is 0 Å². The number of carbonyl (C=O) groups excluding carboxylic acids is 1. The third-order valence-corrected chi connectivity index (χ3v) is 3.61. The van der Waals surface area contributed by atoms with Crippen LogP contribution in [0.25, 0.3) is 11.3 Å². The van der Waals surface area contributed by atoms with E-state index in [4.69, 9.17) is 0 Å². The lowest BCUT2D eigenvalue weighted by molar-refractivity contribution is 0.562. The van der Waals surface area contributed by atoms with Gasteiger partial charge in [0.2, 0.25) is 6.29 Å². The van der Waals surface area contributed by atoms with Gasteiger partial charge in [0, 0.05) is 16.5 Å². The van der Waals surface area contributed by atoms with Crippen molar-refractivity contribution in [2.75, 3.05) is 0 Å². The molecule has 0 bridgehead atoms. The molecule has 0 amide bonds. The minimum Gasteiger partial charge on any atom is -0.285 e. The average Bonchev–Trinajstić information content (AvgIpc) is 2.74. The predicted octanol–water partition coefficient (Wildman–Crippen LogP) is 3.87. The fourth-order valence-electron chi connectivity index (χ4n) is 1.76. The zero-order valence-corrected chi connectivity index (χ0v) is 11.9. The molecule has 1 heterocycles. The lowest BCUT2D eigenvalue weighted by atomic mass is 9.85. The van der Waals surface area contributed by atoms with Gasteiger partial charge in [-0.1, -0.05) is 20.8 Å². The molecule has 1 aromatic heterocycles. The lowest BCUT2D eigenvalue weighted by Gasteiger charge is -2.20. The van der Waals surface area contributed by atoms with E-state index >= 15 is 0 Å². The zero-order chi connectivity index (χ0) is 13.3. The standard InChI is InChI=1S/C15H16NOS/c1-10-16-14(9-18-10)12-5-11(8-17)6-13(7-12)15(2,3)4/h5-7,9H,1-4H3. The maximum Gasteiger partial charge on any atom is 0.233 e. The van der Waals surface area contributed by atoms with Crippen molar-refractivity contribution in [1.29, 1.82) is 0 Å². The third-order valence-electron chi connectivity index (χ3n) is 2.83. The fourth-order valence-corrected chi connectivity index (χ4v) is 2.39. The highest BCUT2D eigenvalue weighted by atomic mass is 32.1. The minimum absolute atomic E-state index is 0.00662. The summed E-state index contributed by atoms with van der Waals surface area (Å²) in [5.74, 6) is 0. The highest BCUT2D eigenvalue weighted by molar-refractivity contribution is 7.09. The first kappa shape index (κ1) is 13.0. The number of aromatic nitrogens is 1. The largest absolute Gasteiger partial charge is 0.285 e. The van der Waals surface area contributed by atoms with Crippen molar-refractivity contribution in [2.45, 2.75) is 33.1 Å². The molecule has 0 saturated heterocycles. The van der Waals surface area contributed by atoms with Gasteiger partial charge in [-0.15, -0.1) is 11.3 Å². The molecule has 18 heavy (non-hydrogen) atoms. The molecular weight excluding hydrogens is 242 g/mol. The van der Waals surface area contributed by atoms with E-state index < -0.39 is 0 Å². The highest BCUT2D eigenvalue weighted by Gasteiger charge is 2.16. The van der Waals surface area contributed by atoms with Crippen molar-refractivity contribution >= 4 is 17.6 Å². The smallest absolute Gasteiger partial charge is 0.233 e. The Kier molecular flexibility index (Phi) is 3.35. The maximum absolute atomic E-state index is 10.9. The summed E-state index contributed by atoms with van der Waals surface area (Å²) in [5, 5.41) is 3.05. The monoisotopic (exact) mass is 258 g/mol. The zero-order valence-electron chi connectivity index (χ0n) is 11.1. The van der Waals surface area contributed by atoms with Crippen LogP contribution < -0.4 is 0 Å². The maximum atomic E-state index is 10.9. The van der Waals surface area contributed by atoms with Crippen molar-refractivity contribution < 1.29 is 4.79 Å². The van der Waals surface area contributed by atoms with Crippen LogP contribution in [0, 0.1) is 6.92 Å². The normalized spacial score (nSPS) is 11.6. The van der Waals surface area contributed by atoms with Gasteiger partial charge in [-0.05, 0) is 36.1 Å². The summed E-state index contributed by atoms with van der Waals surface area (Å²) in [4.78, 5) is 15.4. The number of benzene rings is 1. The van der Waals surface area contributed by atoms with Crippen molar-refractivity contribution in [3.63, 3.8) is 0 Å². The van der Waals surface area contributed by atoms with Gasteiger partial charge in [0.1, 0.15) is 0 Å². The van der Waals surface area contributed by atoms with Gasteiger partial charge >= 0.3 is 0 Å². The minimum atomic E-state index is 0.00662. The van der Waals surface area contributed by atoms with Gasteiger partial charge in [0.15, 0.2) is 0 Å². The number of hydrogen-bond acceptors (Lipinski definition) is 3. The molecule has 2 aromatic rings.